The fourth-order valence-electron chi connectivity index (χ4n) is 7.37. The van der Waals surface area contributed by atoms with Gasteiger partial charge in [-0.25, -0.2) is 4.57 Å². The van der Waals surface area contributed by atoms with Gasteiger partial charge in [0.2, 0.25) is 0 Å². The minimum absolute atomic E-state index is 0.0269. The van der Waals surface area contributed by atoms with E-state index in [2.05, 4.69) is 38.2 Å². The molecule has 0 bridgehead atoms. The van der Waals surface area contributed by atoms with Crippen LogP contribution in [0, 0.1) is 0 Å². The first-order valence-corrected chi connectivity index (χ1v) is 27.6. The quantitative estimate of drug-likeness (QED) is 0.0211. The first-order valence-electron chi connectivity index (χ1n) is 26.1. The van der Waals surface area contributed by atoms with Crippen LogP contribution < -0.4 is 0 Å². The van der Waals surface area contributed by atoms with Gasteiger partial charge in [-0.2, -0.15) is 0 Å². The Kier molecular flexibility index (Phi) is 43.6. The average Bonchev–Trinajstić information content (AvgIpc) is 3.23. The molecular weight excluding hydrogens is 798 g/mol. The molecule has 1 unspecified atom stereocenters. The van der Waals surface area contributed by atoms with Crippen LogP contribution in [0.4, 0.5) is 0 Å². The van der Waals surface area contributed by atoms with Crippen molar-refractivity contribution in [3.8, 4) is 0 Å². The van der Waals surface area contributed by atoms with Gasteiger partial charge in [0.05, 0.1) is 27.7 Å². The fraction of sp³-hybridized carbons (Fsp3) is 0.885. The first kappa shape index (κ1) is 60.5. The predicted molar refractivity (Wildman–Crippen MR) is 261 cm³/mol. The second-order valence-electron chi connectivity index (χ2n) is 18.9. The van der Waals surface area contributed by atoms with Crippen molar-refractivity contribution in [2.75, 3.05) is 47.5 Å². The van der Waals surface area contributed by atoms with Gasteiger partial charge < -0.3 is 18.9 Å². The summed E-state index contributed by atoms with van der Waals surface area (Å²) >= 11 is 0. The van der Waals surface area contributed by atoms with Crippen molar-refractivity contribution < 1.29 is 42.1 Å². The molecule has 0 aromatic carbocycles. The Bertz CT molecular complexity index is 1110. The van der Waals surface area contributed by atoms with Gasteiger partial charge in [-0.3, -0.25) is 18.6 Å². The topological polar surface area (TPSA) is 108 Å². The number of quaternary nitrogens is 1. The fourth-order valence-corrected chi connectivity index (χ4v) is 8.11. The summed E-state index contributed by atoms with van der Waals surface area (Å²) in [7, 11) is 1.46. The van der Waals surface area contributed by atoms with Crippen LogP contribution in [0.5, 0.6) is 0 Å². The second-order valence-corrected chi connectivity index (χ2v) is 20.4. The number of carbonyl (C=O) groups excluding carboxylic acids is 2. The van der Waals surface area contributed by atoms with Crippen LogP contribution in [0.25, 0.3) is 0 Å². The van der Waals surface area contributed by atoms with E-state index in [1.807, 2.05) is 21.1 Å². The standard InChI is InChI=1S/C52H100NO8P/c1-6-8-10-12-14-16-18-20-22-23-24-25-26-27-28-29-31-32-34-36-38-40-42-44-51(54)58-48-50(49-60-62(56,57)59-47-46-53(3,4)5)61-52(55)45-43-41-39-37-35-33-30-21-19-17-15-13-11-9-7-2/h33,35-36,38,50H,6-32,34,37,39-49H2,1-5H3/p+1/b35-33+,38-36+/t50-/m0/s1. The van der Waals surface area contributed by atoms with E-state index in [9.17, 15) is 19.0 Å². The number of carbonyl (C=O) groups is 2. The third kappa shape index (κ3) is 48.0. The van der Waals surface area contributed by atoms with Crippen LogP contribution in [0.15, 0.2) is 24.3 Å². The number of esters is 2. The molecule has 366 valence electrons. The molecule has 2 atom stereocenters. The Morgan fingerprint density at radius 3 is 1.24 bits per heavy atom. The van der Waals surface area contributed by atoms with Gasteiger partial charge in [0.1, 0.15) is 19.8 Å². The highest BCUT2D eigenvalue weighted by atomic mass is 31.2. The molecule has 9 nitrogen and oxygen atoms in total. The molecule has 0 aliphatic heterocycles. The summed E-state index contributed by atoms with van der Waals surface area (Å²) < 4.78 is 34.4. The number of allylic oxidation sites excluding steroid dienone is 4. The molecule has 0 radical (unpaired) electrons. The van der Waals surface area contributed by atoms with E-state index in [1.165, 1.54) is 167 Å². The van der Waals surface area contributed by atoms with E-state index < -0.39 is 32.5 Å². The molecule has 10 heteroatoms. The molecular formula is C52H101NO8P+. The van der Waals surface area contributed by atoms with Crippen molar-refractivity contribution in [3.05, 3.63) is 24.3 Å². The smallest absolute Gasteiger partial charge is 0.462 e. The molecule has 0 aliphatic carbocycles. The first-order chi connectivity index (χ1) is 30.0. The van der Waals surface area contributed by atoms with Crippen LogP contribution in [0.3, 0.4) is 0 Å². The van der Waals surface area contributed by atoms with Crippen LogP contribution >= 0.6 is 7.82 Å². The van der Waals surface area contributed by atoms with Crippen molar-refractivity contribution >= 4 is 19.8 Å². The zero-order valence-electron chi connectivity index (χ0n) is 41.4. The van der Waals surface area contributed by atoms with Gasteiger partial charge in [-0.15, -0.1) is 0 Å². The van der Waals surface area contributed by atoms with Crippen molar-refractivity contribution in [1.82, 2.24) is 0 Å². The van der Waals surface area contributed by atoms with Gasteiger partial charge in [0.25, 0.3) is 0 Å². The van der Waals surface area contributed by atoms with E-state index in [1.54, 1.807) is 0 Å². The molecule has 0 amide bonds. The minimum Gasteiger partial charge on any atom is -0.462 e. The maximum Gasteiger partial charge on any atom is 0.472 e. The summed E-state index contributed by atoms with van der Waals surface area (Å²) in [6, 6.07) is 0. The number of phosphoric acid groups is 1. The summed E-state index contributed by atoms with van der Waals surface area (Å²) in [4.78, 5) is 35.5. The lowest BCUT2D eigenvalue weighted by atomic mass is 10.0. The largest absolute Gasteiger partial charge is 0.472 e. The third-order valence-corrected chi connectivity index (χ3v) is 12.4. The monoisotopic (exact) mass is 899 g/mol. The molecule has 0 aromatic heterocycles. The summed E-state index contributed by atoms with van der Waals surface area (Å²) in [5.74, 6) is -0.844. The van der Waals surface area contributed by atoms with Gasteiger partial charge in [-0.1, -0.05) is 199 Å². The number of phosphoric ester groups is 1. The molecule has 0 aromatic rings. The highest BCUT2D eigenvalue weighted by Gasteiger charge is 2.27. The maximum absolute atomic E-state index is 12.7. The number of unbranched alkanes of at least 4 members (excludes halogenated alkanes) is 30. The van der Waals surface area contributed by atoms with Crippen LogP contribution in [-0.4, -0.2) is 74.9 Å². The van der Waals surface area contributed by atoms with Crippen molar-refractivity contribution in [3.63, 3.8) is 0 Å². The normalized spacial score (nSPS) is 13.6. The lowest BCUT2D eigenvalue weighted by molar-refractivity contribution is -0.870. The number of likely N-dealkylation sites (N-methyl/N-ethyl adjacent to an activating group) is 1. The number of hydrogen-bond acceptors (Lipinski definition) is 7. The lowest BCUT2D eigenvalue weighted by Crippen LogP contribution is -2.37. The van der Waals surface area contributed by atoms with E-state index in [4.69, 9.17) is 18.5 Å². The van der Waals surface area contributed by atoms with E-state index in [0.29, 0.717) is 23.9 Å². The molecule has 0 fully saturated rings. The van der Waals surface area contributed by atoms with Gasteiger partial charge in [0.15, 0.2) is 6.10 Å². The Balaban J connectivity index is 4.22. The Hall–Kier alpha value is -1.51. The zero-order valence-corrected chi connectivity index (χ0v) is 42.3. The van der Waals surface area contributed by atoms with Crippen molar-refractivity contribution in [2.24, 2.45) is 0 Å². The average molecular weight is 899 g/mol. The number of ether oxygens (including phenoxy) is 2. The summed E-state index contributed by atoms with van der Waals surface area (Å²) in [5.41, 5.74) is 0. The minimum atomic E-state index is -4.39. The molecule has 0 spiro atoms. The highest BCUT2D eigenvalue weighted by molar-refractivity contribution is 7.47. The second kappa shape index (κ2) is 44.7. The van der Waals surface area contributed by atoms with Crippen molar-refractivity contribution in [2.45, 2.75) is 251 Å². The maximum atomic E-state index is 12.7. The van der Waals surface area contributed by atoms with Crippen molar-refractivity contribution in [1.29, 1.82) is 0 Å². The summed E-state index contributed by atoms with van der Waals surface area (Å²) in [6.07, 6.45) is 51.1. The Morgan fingerprint density at radius 1 is 0.484 bits per heavy atom. The number of hydrogen-bond donors (Lipinski definition) is 1. The van der Waals surface area contributed by atoms with Gasteiger partial charge in [-0.05, 0) is 57.8 Å². The third-order valence-electron chi connectivity index (χ3n) is 11.5. The summed E-state index contributed by atoms with van der Waals surface area (Å²) in [5, 5.41) is 0. The molecule has 0 heterocycles. The summed E-state index contributed by atoms with van der Waals surface area (Å²) in [6.45, 7) is 4.41. The zero-order chi connectivity index (χ0) is 45.7. The predicted octanol–water partition coefficient (Wildman–Crippen LogP) is 15.5. The van der Waals surface area contributed by atoms with Crippen LogP contribution in [-0.2, 0) is 32.7 Å². The molecule has 1 N–H and O–H groups in total. The van der Waals surface area contributed by atoms with Gasteiger partial charge in [0, 0.05) is 12.8 Å². The molecule has 0 rings (SSSR count). The van der Waals surface area contributed by atoms with E-state index in [0.717, 1.165) is 38.5 Å². The Morgan fingerprint density at radius 2 is 0.839 bits per heavy atom. The van der Waals surface area contributed by atoms with E-state index >= 15 is 0 Å². The van der Waals surface area contributed by atoms with Gasteiger partial charge >= 0.3 is 19.8 Å². The lowest BCUT2D eigenvalue weighted by Gasteiger charge is -2.24. The van der Waals surface area contributed by atoms with E-state index in [-0.39, 0.29) is 26.1 Å². The number of nitrogens with zero attached hydrogens (tertiary/aromatic N) is 1. The van der Waals surface area contributed by atoms with Crippen LogP contribution in [0.1, 0.15) is 245 Å². The van der Waals surface area contributed by atoms with Crippen LogP contribution in [0.2, 0.25) is 0 Å². The molecule has 0 saturated heterocycles. The molecule has 0 aliphatic rings. The highest BCUT2D eigenvalue weighted by Crippen LogP contribution is 2.43. The molecule has 62 heavy (non-hydrogen) atoms. The Labute approximate surface area is 383 Å². The number of rotatable bonds is 48. The SMILES string of the molecule is CCCCCCCCCC/C=C/CCCCCC(=O)O[C@@H](COC(=O)CCC/C=C/CCCCCCCCCCCCCCCCCCCC)COP(=O)(O)OCC[N+](C)(C)C. The molecule has 0 saturated carbocycles.